The Kier molecular flexibility index (Phi) is 3.66. The largest absolute Gasteiger partial charge is 0.453 e. The van der Waals surface area contributed by atoms with Gasteiger partial charge in [-0.1, -0.05) is 42.8 Å². The van der Waals surface area contributed by atoms with Crippen LogP contribution in [-0.4, -0.2) is 0 Å². The number of halogens is 2. The van der Waals surface area contributed by atoms with Crippen LogP contribution in [0.15, 0.2) is 42.5 Å². The van der Waals surface area contributed by atoms with Gasteiger partial charge in [0.25, 0.3) is 0 Å². The Morgan fingerprint density at radius 3 is 2.55 bits per heavy atom. The smallest absolute Gasteiger partial charge is 0.181 e. The van der Waals surface area contributed by atoms with Gasteiger partial charge in [-0.2, -0.15) is 0 Å². The van der Waals surface area contributed by atoms with Crippen LogP contribution in [0.25, 0.3) is 0 Å². The molecule has 2 aromatic rings. The summed E-state index contributed by atoms with van der Waals surface area (Å²) in [5.74, 6) is 1.19. The molecule has 0 saturated heterocycles. The summed E-state index contributed by atoms with van der Waals surface area (Å²) in [6.07, 6.45) is 2.36. The topological polar surface area (TPSA) is 9.23 Å². The highest BCUT2D eigenvalue weighted by atomic mass is 35.5. The molecule has 3 heteroatoms. The fourth-order valence-electron chi connectivity index (χ4n) is 2.45. The molecule has 1 fully saturated rings. The van der Waals surface area contributed by atoms with Gasteiger partial charge in [-0.05, 0) is 48.4 Å². The molecule has 108 valence electrons. The van der Waals surface area contributed by atoms with E-state index < -0.39 is 0 Å². The van der Waals surface area contributed by atoms with Crippen molar-refractivity contribution in [1.29, 1.82) is 0 Å². The molecule has 0 aromatic heterocycles. The van der Waals surface area contributed by atoms with Crippen molar-refractivity contribution < 1.29 is 12.0 Å². The molecule has 1 aliphatic rings. The van der Waals surface area contributed by atoms with Gasteiger partial charge in [0.2, 0.25) is 0 Å². The number of benzene rings is 2. The summed E-state index contributed by atoms with van der Waals surface area (Å²) in [4.78, 5) is 0. The summed E-state index contributed by atoms with van der Waals surface area (Å²) in [6, 6.07) is 12.6. The summed E-state index contributed by atoms with van der Waals surface area (Å²) in [5, 5.41) is 0.304. The first-order valence-corrected chi connectivity index (χ1v) is 7.25. The minimum absolute atomic E-state index is 0. The van der Waals surface area contributed by atoms with Crippen LogP contribution >= 0.6 is 11.6 Å². The molecule has 0 heterocycles. The van der Waals surface area contributed by atoms with Gasteiger partial charge in [0.05, 0.1) is 5.02 Å². The Hall–Kier alpha value is -1.54. The van der Waals surface area contributed by atoms with E-state index in [2.05, 4.69) is 6.92 Å². The average Bonchev–Trinajstić information content (AvgIpc) is 3.28. The first-order chi connectivity index (χ1) is 9.66. The summed E-state index contributed by atoms with van der Waals surface area (Å²) in [5.41, 5.74) is 0.697. The maximum atomic E-state index is 14.6. The maximum Gasteiger partial charge on any atom is 0.181 e. The van der Waals surface area contributed by atoms with Gasteiger partial charge >= 0.3 is 0 Å². The van der Waals surface area contributed by atoms with Crippen molar-refractivity contribution in [3.05, 3.63) is 58.9 Å². The molecule has 1 atom stereocenters. The van der Waals surface area contributed by atoms with E-state index >= 15 is 0 Å². The maximum absolute atomic E-state index is 14.6. The van der Waals surface area contributed by atoms with Crippen molar-refractivity contribution in [3.8, 4) is 11.5 Å². The molecule has 1 nitrogen and oxygen atoms in total. The second kappa shape index (κ2) is 5.45. The quantitative estimate of drug-likeness (QED) is 0.645. The number of hydrogen-bond donors (Lipinski definition) is 0. The summed E-state index contributed by atoms with van der Waals surface area (Å²) in [7, 11) is 0. The van der Waals surface area contributed by atoms with E-state index in [9.17, 15) is 4.39 Å². The number of ether oxygens (including phenoxy) is 1. The van der Waals surface area contributed by atoms with Gasteiger partial charge in [0.1, 0.15) is 5.75 Å². The van der Waals surface area contributed by atoms with Gasteiger partial charge in [0, 0.05) is 2.85 Å². The van der Waals surface area contributed by atoms with E-state index in [4.69, 9.17) is 16.3 Å². The number of hydrogen-bond acceptors (Lipinski definition) is 1. The first-order valence-electron chi connectivity index (χ1n) is 6.87. The van der Waals surface area contributed by atoms with Crippen LogP contribution in [0.2, 0.25) is 5.02 Å². The van der Waals surface area contributed by atoms with Crippen molar-refractivity contribution in [2.75, 3.05) is 0 Å². The van der Waals surface area contributed by atoms with Gasteiger partial charge in [-0.25, -0.2) is 4.39 Å². The fourth-order valence-corrected chi connectivity index (χ4v) is 2.63. The van der Waals surface area contributed by atoms with Gasteiger partial charge < -0.3 is 4.74 Å². The Morgan fingerprint density at radius 1 is 1.20 bits per heavy atom. The fraction of sp³-hybridized carbons (Fsp3) is 0.294. The lowest BCUT2D eigenvalue weighted by Gasteiger charge is -2.16. The van der Waals surface area contributed by atoms with E-state index in [0.717, 1.165) is 0 Å². The highest BCUT2D eigenvalue weighted by Gasteiger charge is 2.31. The SMILES string of the molecule is C[C@@H](c1ccc(Cl)c(Oc2ccccc2)c1F)C1CC1.[HH].[HH]. The average molecular weight is 295 g/mol. The van der Waals surface area contributed by atoms with Crippen molar-refractivity contribution in [2.45, 2.75) is 25.7 Å². The lowest BCUT2D eigenvalue weighted by molar-refractivity contribution is 0.433. The Bertz CT molecular complexity index is 618. The Labute approximate surface area is 126 Å². The van der Waals surface area contributed by atoms with Crippen LogP contribution in [0.4, 0.5) is 4.39 Å². The molecule has 2 aromatic carbocycles. The molecule has 20 heavy (non-hydrogen) atoms. The molecule has 0 amide bonds. The molecular formula is C17H20ClFO. The Morgan fingerprint density at radius 2 is 1.90 bits per heavy atom. The highest BCUT2D eigenvalue weighted by molar-refractivity contribution is 6.32. The van der Waals surface area contributed by atoms with E-state index in [0.29, 0.717) is 22.3 Å². The predicted octanol–water partition coefficient (Wildman–Crippen LogP) is 6.28. The molecule has 3 rings (SSSR count). The third-order valence-electron chi connectivity index (χ3n) is 3.86. The standard InChI is InChI=1S/C17H16ClFO.2H2/c1-11(12-7-8-12)14-9-10-15(18)17(16(14)19)20-13-5-3-2-4-6-13;;/h2-6,9-12H,7-8H2,1H3;2*1H/t11-;;/m1../s1. The number of rotatable bonds is 4. The normalized spacial score (nSPS) is 15.9. The Balaban J connectivity index is 0.00000121. The minimum Gasteiger partial charge on any atom is -0.453 e. The number of para-hydroxylation sites is 1. The second-order valence-electron chi connectivity index (χ2n) is 5.32. The molecule has 0 N–H and O–H groups in total. The second-order valence-corrected chi connectivity index (χ2v) is 5.73. The molecule has 0 spiro atoms. The van der Waals surface area contributed by atoms with Crippen LogP contribution in [0.3, 0.4) is 0 Å². The molecule has 0 bridgehead atoms. The predicted molar refractivity (Wildman–Crippen MR) is 83.3 cm³/mol. The van der Waals surface area contributed by atoms with Gasteiger partial charge in [-0.3, -0.25) is 0 Å². The zero-order chi connectivity index (χ0) is 14.1. The molecule has 0 radical (unpaired) electrons. The molecule has 0 aliphatic heterocycles. The van der Waals surface area contributed by atoms with Crippen molar-refractivity contribution >= 4 is 11.6 Å². The third kappa shape index (κ3) is 2.66. The van der Waals surface area contributed by atoms with Gasteiger partial charge in [0.15, 0.2) is 11.6 Å². The highest BCUT2D eigenvalue weighted by Crippen LogP contribution is 2.45. The minimum atomic E-state index is -0.333. The third-order valence-corrected chi connectivity index (χ3v) is 4.16. The first kappa shape index (κ1) is 13.4. The molecule has 0 unspecified atom stereocenters. The van der Waals surface area contributed by atoms with Crippen LogP contribution < -0.4 is 4.74 Å². The molecule has 1 aliphatic carbocycles. The van der Waals surface area contributed by atoms with E-state index in [1.165, 1.54) is 12.8 Å². The summed E-state index contributed by atoms with van der Waals surface area (Å²) >= 11 is 6.09. The van der Waals surface area contributed by atoms with Crippen LogP contribution in [-0.2, 0) is 0 Å². The zero-order valence-electron chi connectivity index (χ0n) is 11.3. The van der Waals surface area contributed by atoms with Crippen molar-refractivity contribution in [2.24, 2.45) is 5.92 Å². The molecular weight excluding hydrogens is 275 g/mol. The zero-order valence-corrected chi connectivity index (χ0v) is 12.0. The van der Waals surface area contributed by atoms with E-state index in [1.807, 2.05) is 18.2 Å². The van der Waals surface area contributed by atoms with Crippen LogP contribution in [0.5, 0.6) is 11.5 Å². The lowest BCUT2D eigenvalue weighted by atomic mass is 9.95. The monoisotopic (exact) mass is 294 g/mol. The summed E-state index contributed by atoms with van der Waals surface area (Å²) in [6.45, 7) is 2.07. The van der Waals surface area contributed by atoms with E-state index in [1.54, 1.807) is 24.3 Å². The lowest BCUT2D eigenvalue weighted by Crippen LogP contribution is -2.01. The van der Waals surface area contributed by atoms with E-state index in [-0.39, 0.29) is 20.3 Å². The van der Waals surface area contributed by atoms with Crippen LogP contribution in [0.1, 0.15) is 34.1 Å². The van der Waals surface area contributed by atoms with Crippen LogP contribution in [0, 0.1) is 11.7 Å². The van der Waals surface area contributed by atoms with Crippen molar-refractivity contribution in [3.63, 3.8) is 0 Å². The van der Waals surface area contributed by atoms with Crippen molar-refractivity contribution in [1.82, 2.24) is 0 Å². The summed E-state index contributed by atoms with van der Waals surface area (Å²) < 4.78 is 20.3. The molecule has 1 saturated carbocycles. The van der Waals surface area contributed by atoms with Gasteiger partial charge in [-0.15, -0.1) is 0 Å².